The van der Waals surface area contributed by atoms with E-state index in [1.807, 2.05) is 30.5 Å². The average Bonchev–Trinajstić information content (AvgIpc) is 2.93. The van der Waals surface area contributed by atoms with Crippen molar-refractivity contribution in [2.75, 3.05) is 46.8 Å². The first kappa shape index (κ1) is 21.4. The number of fused-ring (bicyclic) bond motifs is 1. The molecule has 0 saturated heterocycles. The van der Waals surface area contributed by atoms with Crippen molar-refractivity contribution in [1.29, 1.82) is 0 Å². The van der Waals surface area contributed by atoms with Gasteiger partial charge in [0.2, 0.25) is 0 Å². The molecule has 1 aliphatic heterocycles. The van der Waals surface area contributed by atoms with Gasteiger partial charge in [-0.25, -0.2) is 0 Å². The molecule has 0 spiro atoms. The maximum atomic E-state index is 12.9. The molecule has 156 valence electrons. The van der Waals surface area contributed by atoms with Crippen LogP contribution >= 0.6 is 0 Å². The summed E-state index contributed by atoms with van der Waals surface area (Å²) < 4.78 is 15.7. The summed E-state index contributed by atoms with van der Waals surface area (Å²) in [7, 11) is 1.64. The molecular weight excluding hydrogens is 372 g/mol. The van der Waals surface area contributed by atoms with Gasteiger partial charge in [0.15, 0.2) is 5.78 Å². The highest BCUT2D eigenvalue weighted by atomic mass is 16.6. The summed E-state index contributed by atoms with van der Waals surface area (Å²) >= 11 is 0. The first-order valence-electron chi connectivity index (χ1n) is 9.98. The van der Waals surface area contributed by atoms with E-state index in [-0.39, 0.29) is 5.78 Å². The molecular formula is C22H28N2O5. The number of Topliss-reactive ketones (excluding diaryl/α,β-unsaturated/α-hetero) is 1. The Hall–Kier alpha value is -2.35. The molecule has 0 amide bonds. The van der Waals surface area contributed by atoms with E-state index < -0.39 is 0 Å². The predicted molar refractivity (Wildman–Crippen MR) is 111 cm³/mol. The van der Waals surface area contributed by atoms with Crippen molar-refractivity contribution < 1.29 is 23.8 Å². The van der Waals surface area contributed by atoms with Crippen molar-refractivity contribution in [1.82, 2.24) is 0 Å². The van der Waals surface area contributed by atoms with Crippen LogP contribution in [-0.4, -0.2) is 64.5 Å². The zero-order valence-electron chi connectivity index (χ0n) is 17.1. The summed E-state index contributed by atoms with van der Waals surface area (Å²) in [4.78, 5) is 23.0. The van der Waals surface area contributed by atoms with E-state index in [0.29, 0.717) is 69.0 Å². The second-order valence-electron chi connectivity index (χ2n) is 6.99. The zero-order valence-corrected chi connectivity index (χ0v) is 17.1. The minimum atomic E-state index is 0.0395. The third kappa shape index (κ3) is 5.59. The van der Waals surface area contributed by atoms with Gasteiger partial charge in [0.1, 0.15) is 12.3 Å². The lowest BCUT2D eigenvalue weighted by atomic mass is 9.85. The first-order chi connectivity index (χ1) is 14.2. The molecule has 0 aromatic heterocycles. The number of ether oxygens (including phenoxy) is 3. The Kier molecular flexibility index (Phi) is 8.10. The average molecular weight is 400 g/mol. The lowest BCUT2D eigenvalue weighted by Gasteiger charge is -2.20. The fraction of sp³-hybridized carbons (Fsp3) is 0.500. The molecule has 1 aromatic rings. The molecule has 3 rings (SSSR count). The Labute approximate surface area is 171 Å². The van der Waals surface area contributed by atoms with E-state index >= 15 is 0 Å². The topological polar surface area (TPSA) is 78.7 Å². The van der Waals surface area contributed by atoms with Crippen LogP contribution in [0.25, 0.3) is 0 Å². The number of ketones is 1. The maximum absolute atomic E-state index is 12.9. The third-order valence-corrected chi connectivity index (χ3v) is 4.80. The van der Waals surface area contributed by atoms with Crippen LogP contribution in [0.1, 0.15) is 35.7 Å². The number of carbonyl (C=O) groups excluding carboxylic acids is 1. The SMILES string of the molecule is COCCOCCOCCO/N=C1/C2=C(CCC(C)C=N2)C(=O)c2ccccc21. The third-order valence-electron chi connectivity index (χ3n) is 4.80. The van der Waals surface area contributed by atoms with Gasteiger partial charge in [0, 0.05) is 30.0 Å². The molecule has 1 aromatic carbocycles. The lowest BCUT2D eigenvalue weighted by molar-refractivity contribution is 0.00453. The molecule has 1 unspecified atom stereocenters. The van der Waals surface area contributed by atoms with E-state index in [1.54, 1.807) is 7.11 Å². The van der Waals surface area contributed by atoms with Crippen LogP contribution in [0.2, 0.25) is 0 Å². The molecule has 0 N–H and O–H groups in total. The molecule has 0 saturated carbocycles. The van der Waals surface area contributed by atoms with Crippen LogP contribution < -0.4 is 0 Å². The molecule has 1 atom stereocenters. The quantitative estimate of drug-likeness (QED) is 0.446. The van der Waals surface area contributed by atoms with Gasteiger partial charge in [-0.15, -0.1) is 0 Å². The second-order valence-corrected chi connectivity index (χ2v) is 6.99. The largest absolute Gasteiger partial charge is 0.393 e. The number of hydrogen-bond acceptors (Lipinski definition) is 7. The number of methoxy groups -OCH3 is 1. The van der Waals surface area contributed by atoms with Crippen molar-refractivity contribution in [2.45, 2.75) is 19.8 Å². The summed E-state index contributed by atoms with van der Waals surface area (Å²) in [5.41, 5.74) is 3.38. The van der Waals surface area contributed by atoms with Crippen molar-refractivity contribution in [3.8, 4) is 0 Å². The number of hydrogen-bond donors (Lipinski definition) is 0. The maximum Gasteiger partial charge on any atom is 0.191 e. The standard InChI is InChI=1S/C22H28N2O5/c1-16-7-8-19-20(23-15-16)21(17-5-3-4-6-18(17)22(19)25)24-29-14-13-28-12-11-27-10-9-26-2/h3-6,15-16H,7-14H2,1-2H3/b24-21+. The Morgan fingerprint density at radius 3 is 2.48 bits per heavy atom. The van der Waals surface area contributed by atoms with Gasteiger partial charge in [-0.05, 0) is 18.8 Å². The van der Waals surface area contributed by atoms with Gasteiger partial charge >= 0.3 is 0 Å². The fourth-order valence-corrected chi connectivity index (χ4v) is 3.21. The molecule has 0 radical (unpaired) electrons. The highest BCUT2D eigenvalue weighted by Gasteiger charge is 2.32. The molecule has 1 aliphatic carbocycles. The summed E-state index contributed by atoms with van der Waals surface area (Å²) in [5.74, 6) is 0.357. The number of aliphatic imine (C=N–C) groups is 1. The van der Waals surface area contributed by atoms with E-state index in [1.165, 1.54) is 0 Å². The summed E-state index contributed by atoms with van der Waals surface area (Å²) in [6.45, 7) is 4.93. The van der Waals surface area contributed by atoms with Crippen LogP contribution in [0, 0.1) is 5.92 Å². The Morgan fingerprint density at radius 1 is 1.03 bits per heavy atom. The molecule has 29 heavy (non-hydrogen) atoms. The lowest BCUT2D eigenvalue weighted by Crippen LogP contribution is -2.22. The minimum absolute atomic E-state index is 0.0395. The number of allylic oxidation sites excluding steroid dienone is 2. The Bertz CT molecular complexity index is 800. The van der Waals surface area contributed by atoms with E-state index in [9.17, 15) is 4.79 Å². The second kappa shape index (κ2) is 11.0. The van der Waals surface area contributed by atoms with Gasteiger partial charge in [-0.1, -0.05) is 36.3 Å². The number of benzene rings is 1. The monoisotopic (exact) mass is 400 g/mol. The highest BCUT2D eigenvalue weighted by molar-refractivity contribution is 6.28. The summed E-state index contributed by atoms with van der Waals surface area (Å²) in [6, 6.07) is 7.48. The predicted octanol–water partition coefficient (Wildman–Crippen LogP) is 3.04. The van der Waals surface area contributed by atoms with Gasteiger partial charge < -0.3 is 19.0 Å². The Morgan fingerprint density at radius 2 is 1.72 bits per heavy atom. The first-order valence-corrected chi connectivity index (χ1v) is 9.98. The van der Waals surface area contributed by atoms with E-state index in [2.05, 4.69) is 17.1 Å². The summed E-state index contributed by atoms with van der Waals surface area (Å²) in [5, 5.41) is 4.33. The van der Waals surface area contributed by atoms with Gasteiger partial charge in [0.05, 0.1) is 38.7 Å². The van der Waals surface area contributed by atoms with E-state index in [4.69, 9.17) is 19.0 Å². The molecule has 7 nitrogen and oxygen atoms in total. The van der Waals surface area contributed by atoms with Crippen molar-refractivity contribution >= 4 is 17.7 Å². The van der Waals surface area contributed by atoms with Gasteiger partial charge in [0.25, 0.3) is 0 Å². The van der Waals surface area contributed by atoms with Gasteiger partial charge in [-0.3, -0.25) is 9.79 Å². The van der Waals surface area contributed by atoms with Crippen LogP contribution in [0.5, 0.6) is 0 Å². The van der Waals surface area contributed by atoms with Crippen LogP contribution in [0.3, 0.4) is 0 Å². The number of carbonyl (C=O) groups is 1. The fourth-order valence-electron chi connectivity index (χ4n) is 3.21. The number of rotatable bonds is 10. The zero-order chi connectivity index (χ0) is 20.5. The van der Waals surface area contributed by atoms with Crippen LogP contribution in [0.4, 0.5) is 0 Å². The van der Waals surface area contributed by atoms with Crippen molar-refractivity contribution in [3.63, 3.8) is 0 Å². The minimum Gasteiger partial charge on any atom is -0.393 e. The number of nitrogens with zero attached hydrogens (tertiary/aromatic N) is 2. The van der Waals surface area contributed by atoms with Crippen molar-refractivity contribution in [3.05, 3.63) is 46.7 Å². The van der Waals surface area contributed by atoms with E-state index in [0.717, 1.165) is 17.6 Å². The normalized spacial score (nSPS) is 19.9. The number of oxime groups is 1. The molecule has 2 aliphatic rings. The molecule has 0 fully saturated rings. The van der Waals surface area contributed by atoms with Crippen LogP contribution in [-0.2, 0) is 19.0 Å². The van der Waals surface area contributed by atoms with Gasteiger partial charge in [-0.2, -0.15) is 0 Å². The summed E-state index contributed by atoms with van der Waals surface area (Å²) in [6.07, 6.45) is 3.48. The van der Waals surface area contributed by atoms with Crippen LogP contribution in [0.15, 0.2) is 45.7 Å². The Balaban J connectivity index is 1.62. The highest BCUT2D eigenvalue weighted by Crippen LogP contribution is 2.32. The molecule has 1 heterocycles. The van der Waals surface area contributed by atoms with Crippen molar-refractivity contribution in [2.24, 2.45) is 16.1 Å². The molecule has 0 bridgehead atoms. The molecule has 7 heteroatoms. The smallest absolute Gasteiger partial charge is 0.191 e.